The van der Waals surface area contributed by atoms with Crippen molar-refractivity contribution in [2.24, 2.45) is 0 Å². The zero-order chi connectivity index (χ0) is 16.1. The SMILES string of the molecule is COc1cccc(-c2nnc(SC(=O)Cc3ccccc3)o2)c1. The Balaban J connectivity index is 1.68. The number of methoxy groups -OCH3 is 1. The molecule has 0 bridgehead atoms. The predicted molar refractivity (Wildman–Crippen MR) is 87.3 cm³/mol. The van der Waals surface area contributed by atoms with Gasteiger partial charge in [0.1, 0.15) is 5.75 Å². The monoisotopic (exact) mass is 326 g/mol. The first-order valence-electron chi connectivity index (χ1n) is 6.97. The van der Waals surface area contributed by atoms with Crippen molar-refractivity contribution in [2.75, 3.05) is 7.11 Å². The normalized spacial score (nSPS) is 10.5. The molecule has 23 heavy (non-hydrogen) atoms. The molecule has 3 aromatic rings. The molecule has 0 amide bonds. The molecule has 0 aliphatic heterocycles. The van der Waals surface area contributed by atoms with E-state index >= 15 is 0 Å². The van der Waals surface area contributed by atoms with Crippen LogP contribution in [0.5, 0.6) is 5.75 Å². The highest BCUT2D eigenvalue weighted by molar-refractivity contribution is 8.13. The third-order valence-electron chi connectivity index (χ3n) is 3.12. The molecular weight excluding hydrogens is 312 g/mol. The Labute approximate surface area is 137 Å². The molecule has 0 saturated heterocycles. The van der Waals surface area contributed by atoms with Gasteiger partial charge in [-0.2, -0.15) is 0 Å². The highest BCUT2D eigenvalue weighted by Gasteiger charge is 2.14. The Morgan fingerprint density at radius 3 is 2.74 bits per heavy atom. The van der Waals surface area contributed by atoms with E-state index in [1.54, 1.807) is 13.2 Å². The summed E-state index contributed by atoms with van der Waals surface area (Å²) in [5.41, 5.74) is 1.71. The van der Waals surface area contributed by atoms with E-state index in [4.69, 9.17) is 9.15 Å². The number of ether oxygens (including phenoxy) is 1. The van der Waals surface area contributed by atoms with E-state index in [1.807, 2.05) is 48.5 Å². The Hall–Kier alpha value is -2.60. The Kier molecular flexibility index (Phi) is 4.73. The minimum Gasteiger partial charge on any atom is -0.497 e. The van der Waals surface area contributed by atoms with Gasteiger partial charge in [0.25, 0.3) is 5.22 Å². The van der Waals surface area contributed by atoms with Crippen molar-refractivity contribution >= 4 is 16.9 Å². The Morgan fingerprint density at radius 1 is 1.13 bits per heavy atom. The third kappa shape index (κ3) is 3.98. The van der Waals surface area contributed by atoms with Gasteiger partial charge < -0.3 is 9.15 Å². The lowest BCUT2D eigenvalue weighted by Crippen LogP contribution is -1.96. The predicted octanol–water partition coefficient (Wildman–Crippen LogP) is 3.61. The molecule has 0 fully saturated rings. The number of carbonyl (C=O) groups is 1. The van der Waals surface area contributed by atoms with Crippen LogP contribution in [-0.2, 0) is 11.2 Å². The van der Waals surface area contributed by atoms with Crippen molar-refractivity contribution in [3.05, 3.63) is 60.2 Å². The van der Waals surface area contributed by atoms with Gasteiger partial charge in [-0.1, -0.05) is 36.4 Å². The van der Waals surface area contributed by atoms with Crippen LogP contribution in [-0.4, -0.2) is 22.4 Å². The minimum atomic E-state index is -0.0444. The lowest BCUT2D eigenvalue weighted by Gasteiger charge is -2.00. The molecule has 0 aliphatic carbocycles. The van der Waals surface area contributed by atoms with E-state index in [0.717, 1.165) is 22.9 Å². The molecule has 2 aromatic carbocycles. The smallest absolute Gasteiger partial charge is 0.284 e. The summed E-state index contributed by atoms with van der Waals surface area (Å²) in [7, 11) is 1.59. The van der Waals surface area contributed by atoms with Crippen molar-refractivity contribution in [3.63, 3.8) is 0 Å². The number of hydrogen-bond donors (Lipinski definition) is 0. The van der Waals surface area contributed by atoms with Gasteiger partial charge in [0.05, 0.1) is 7.11 Å². The van der Waals surface area contributed by atoms with Crippen molar-refractivity contribution in [1.29, 1.82) is 0 Å². The number of benzene rings is 2. The average molecular weight is 326 g/mol. The minimum absolute atomic E-state index is 0.0444. The summed E-state index contributed by atoms with van der Waals surface area (Å²) in [6, 6.07) is 16.9. The molecule has 0 unspecified atom stereocenters. The topological polar surface area (TPSA) is 65.2 Å². The van der Waals surface area contributed by atoms with Crippen LogP contribution in [0.4, 0.5) is 0 Å². The van der Waals surface area contributed by atoms with Gasteiger partial charge in [-0.05, 0) is 23.8 Å². The van der Waals surface area contributed by atoms with E-state index in [9.17, 15) is 4.79 Å². The van der Waals surface area contributed by atoms with Gasteiger partial charge in [0.15, 0.2) is 0 Å². The van der Waals surface area contributed by atoms with Crippen LogP contribution in [0.1, 0.15) is 5.56 Å². The van der Waals surface area contributed by atoms with Crippen LogP contribution in [0.25, 0.3) is 11.5 Å². The van der Waals surface area contributed by atoms with Crippen molar-refractivity contribution < 1.29 is 13.9 Å². The van der Waals surface area contributed by atoms with Gasteiger partial charge in [-0.15, -0.1) is 10.2 Å². The maximum absolute atomic E-state index is 12.0. The van der Waals surface area contributed by atoms with Gasteiger partial charge in [-0.25, -0.2) is 0 Å². The van der Waals surface area contributed by atoms with E-state index in [2.05, 4.69) is 10.2 Å². The molecule has 0 radical (unpaired) electrons. The Morgan fingerprint density at radius 2 is 1.96 bits per heavy atom. The summed E-state index contributed by atoms with van der Waals surface area (Å²) < 4.78 is 10.7. The number of hydrogen-bond acceptors (Lipinski definition) is 6. The fourth-order valence-corrected chi connectivity index (χ4v) is 2.66. The van der Waals surface area contributed by atoms with E-state index in [-0.39, 0.29) is 10.3 Å². The molecule has 1 aromatic heterocycles. The maximum Gasteiger partial charge on any atom is 0.284 e. The van der Waals surface area contributed by atoms with Crippen LogP contribution >= 0.6 is 11.8 Å². The van der Waals surface area contributed by atoms with Gasteiger partial charge in [-0.3, -0.25) is 4.79 Å². The summed E-state index contributed by atoms with van der Waals surface area (Å²) in [5, 5.41) is 8.09. The van der Waals surface area contributed by atoms with Crippen molar-refractivity contribution in [3.8, 4) is 17.2 Å². The summed E-state index contributed by atoms with van der Waals surface area (Å²) >= 11 is 0.953. The van der Waals surface area contributed by atoms with Crippen LogP contribution in [0.15, 0.2) is 64.2 Å². The van der Waals surface area contributed by atoms with Crippen LogP contribution < -0.4 is 4.74 Å². The molecule has 6 heteroatoms. The lowest BCUT2D eigenvalue weighted by molar-refractivity contribution is -0.110. The molecule has 0 spiro atoms. The average Bonchev–Trinajstić information content (AvgIpc) is 3.04. The quantitative estimate of drug-likeness (QED) is 0.667. The second kappa shape index (κ2) is 7.11. The summed E-state index contributed by atoms with van der Waals surface area (Å²) in [6.45, 7) is 0. The molecule has 0 N–H and O–H groups in total. The summed E-state index contributed by atoms with van der Waals surface area (Å²) in [5.74, 6) is 1.06. The van der Waals surface area contributed by atoms with Crippen molar-refractivity contribution in [2.45, 2.75) is 11.6 Å². The number of carbonyl (C=O) groups excluding carboxylic acids is 1. The molecule has 116 valence electrons. The maximum atomic E-state index is 12.0. The highest BCUT2D eigenvalue weighted by Crippen LogP contribution is 2.26. The van der Waals surface area contributed by atoms with Gasteiger partial charge in [0, 0.05) is 23.7 Å². The fourth-order valence-electron chi connectivity index (χ4n) is 2.02. The third-order valence-corrected chi connectivity index (χ3v) is 3.83. The highest BCUT2D eigenvalue weighted by atomic mass is 32.2. The summed E-state index contributed by atoms with van der Waals surface area (Å²) in [6.07, 6.45) is 0.322. The number of thioether (sulfide) groups is 1. The molecule has 0 atom stereocenters. The Bertz CT molecular complexity index is 802. The molecule has 0 aliphatic rings. The molecule has 5 nitrogen and oxygen atoms in total. The number of aromatic nitrogens is 2. The van der Waals surface area contributed by atoms with Crippen LogP contribution in [0.3, 0.4) is 0 Å². The van der Waals surface area contributed by atoms with Crippen molar-refractivity contribution in [1.82, 2.24) is 10.2 Å². The fraction of sp³-hybridized carbons (Fsp3) is 0.118. The van der Waals surface area contributed by atoms with Gasteiger partial charge in [0.2, 0.25) is 11.0 Å². The zero-order valence-electron chi connectivity index (χ0n) is 12.4. The van der Waals surface area contributed by atoms with Crippen LogP contribution in [0, 0.1) is 0 Å². The second-order valence-corrected chi connectivity index (χ2v) is 5.75. The first-order valence-corrected chi connectivity index (χ1v) is 7.79. The zero-order valence-corrected chi connectivity index (χ0v) is 13.2. The number of nitrogens with zero attached hydrogens (tertiary/aromatic N) is 2. The first kappa shape index (κ1) is 15.3. The molecule has 3 rings (SSSR count). The van der Waals surface area contributed by atoms with Crippen LogP contribution in [0.2, 0.25) is 0 Å². The second-order valence-electron chi connectivity index (χ2n) is 4.74. The largest absolute Gasteiger partial charge is 0.497 e. The molecule has 0 saturated carbocycles. The molecule has 1 heterocycles. The van der Waals surface area contributed by atoms with E-state index in [0.29, 0.717) is 18.1 Å². The van der Waals surface area contributed by atoms with E-state index < -0.39 is 0 Å². The lowest BCUT2D eigenvalue weighted by atomic mass is 10.2. The van der Waals surface area contributed by atoms with E-state index in [1.165, 1.54) is 0 Å². The first-order chi connectivity index (χ1) is 11.2. The van der Waals surface area contributed by atoms with Gasteiger partial charge >= 0.3 is 0 Å². The summed E-state index contributed by atoms with van der Waals surface area (Å²) in [4.78, 5) is 12.0. The molecular formula is C17H14N2O3S. The number of rotatable bonds is 5. The standard InChI is InChI=1S/C17H14N2O3S/c1-21-14-9-5-8-13(11-14)16-18-19-17(22-16)23-15(20)10-12-6-3-2-4-7-12/h2-9,11H,10H2,1H3.